The molecule has 0 aliphatic rings. The van der Waals surface area contributed by atoms with Crippen LogP contribution in [0.1, 0.15) is 0 Å². The van der Waals surface area contributed by atoms with Gasteiger partial charge in [-0.3, -0.25) is 0 Å². The standard InChI is InChI=1S/C18H13Br.Si/c19-16-12-10-15(11-13-16)18-9-5-4-8-17(18)14-6-2-1-3-7-14;/h1-13H;. The molecule has 0 spiro atoms. The van der Waals surface area contributed by atoms with Crippen LogP contribution in [0.3, 0.4) is 0 Å². The lowest BCUT2D eigenvalue weighted by atomic mass is 9.95. The van der Waals surface area contributed by atoms with Gasteiger partial charge in [-0.2, -0.15) is 0 Å². The van der Waals surface area contributed by atoms with Crippen LogP contribution in [0.25, 0.3) is 22.3 Å². The summed E-state index contributed by atoms with van der Waals surface area (Å²) in [5.41, 5.74) is 5.02. The molecule has 0 unspecified atom stereocenters. The fourth-order valence-corrected chi connectivity index (χ4v) is 2.50. The van der Waals surface area contributed by atoms with Crippen LogP contribution >= 0.6 is 15.9 Å². The molecular formula is C18H13BrSi. The van der Waals surface area contributed by atoms with E-state index in [2.05, 4.69) is 88.7 Å². The van der Waals surface area contributed by atoms with Gasteiger partial charge >= 0.3 is 0 Å². The average Bonchev–Trinajstić information content (AvgIpc) is 2.49. The van der Waals surface area contributed by atoms with E-state index in [0.29, 0.717) is 0 Å². The van der Waals surface area contributed by atoms with Crippen LogP contribution in [0.2, 0.25) is 0 Å². The van der Waals surface area contributed by atoms with Crippen molar-refractivity contribution in [3.05, 3.63) is 83.3 Å². The molecule has 0 nitrogen and oxygen atoms in total. The van der Waals surface area contributed by atoms with Gasteiger partial charge in [0.1, 0.15) is 0 Å². The third kappa shape index (κ3) is 3.09. The lowest BCUT2D eigenvalue weighted by Crippen LogP contribution is -1.84. The molecule has 96 valence electrons. The van der Waals surface area contributed by atoms with Crippen LogP contribution in [0.4, 0.5) is 0 Å². The van der Waals surface area contributed by atoms with Gasteiger partial charge in [0.25, 0.3) is 0 Å². The quantitative estimate of drug-likeness (QED) is 0.549. The second kappa shape index (κ2) is 6.68. The van der Waals surface area contributed by atoms with Crippen molar-refractivity contribution in [2.45, 2.75) is 0 Å². The molecule has 3 aromatic carbocycles. The van der Waals surface area contributed by atoms with E-state index in [1.54, 1.807) is 0 Å². The Hall–Kier alpha value is -1.64. The van der Waals surface area contributed by atoms with Crippen LogP contribution in [0.15, 0.2) is 83.3 Å². The summed E-state index contributed by atoms with van der Waals surface area (Å²) >= 11 is 3.48. The van der Waals surface area contributed by atoms with E-state index in [1.807, 2.05) is 6.07 Å². The first-order valence-corrected chi connectivity index (χ1v) is 7.04. The lowest BCUT2D eigenvalue weighted by molar-refractivity contribution is 1.57. The smallest absolute Gasteiger partial charge is 0.0175 e. The highest BCUT2D eigenvalue weighted by Crippen LogP contribution is 2.32. The first kappa shape index (κ1) is 14.8. The van der Waals surface area contributed by atoms with Crippen molar-refractivity contribution in [3.63, 3.8) is 0 Å². The van der Waals surface area contributed by atoms with Crippen LogP contribution in [0, 0.1) is 0 Å². The van der Waals surface area contributed by atoms with E-state index in [9.17, 15) is 0 Å². The molecule has 0 aromatic heterocycles. The van der Waals surface area contributed by atoms with E-state index < -0.39 is 0 Å². The molecule has 20 heavy (non-hydrogen) atoms. The van der Waals surface area contributed by atoms with E-state index in [-0.39, 0.29) is 11.0 Å². The highest BCUT2D eigenvalue weighted by Gasteiger charge is 2.05. The topological polar surface area (TPSA) is 0 Å². The Kier molecular flexibility index (Phi) is 4.93. The van der Waals surface area contributed by atoms with Gasteiger partial charge in [-0.05, 0) is 34.4 Å². The van der Waals surface area contributed by atoms with Gasteiger partial charge in [-0.15, -0.1) is 0 Å². The lowest BCUT2D eigenvalue weighted by Gasteiger charge is -2.10. The fraction of sp³-hybridized carbons (Fsp3) is 0. The fourth-order valence-electron chi connectivity index (χ4n) is 2.23. The molecule has 0 aliphatic heterocycles. The molecule has 0 amide bonds. The summed E-state index contributed by atoms with van der Waals surface area (Å²) in [5.74, 6) is 0. The summed E-state index contributed by atoms with van der Waals surface area (Å²) in [7, 11) is 0. The van der Waals surface area contributed by atoms with Crippen molar-refractivity contribution in [1.29, 1.82) is 0 Å². The molecule has 4 radical (unpaired) electrons. The molecule has 3 aromatic rings. The minimum atomic E-state index is 0. The first-order chi connectivity index (χ1) is 9.34. The van der Waals surface area contributed by atoms with Gasteiger partial charge in [-0.1, -0.05) is 82.7 Å². The molecule has 0 N–H and O–H groups in total. The van der Waals surface area contributed by atoms with Gasteiger partial charge in [0, 0.05) is 15.4 Å². The summed E-state index contributed by atoms with van der Waals surface area (Å²) in [5, 5.41) is 0. The molecule has 0 heterocycles. The Balaban J connectivity index is 0.00000147. The molecule has 0 saturated heterocycles. The molecule has 2 heteroatoms. The summed E-state index contributed by atoms with van der Waals surface area (Å²) in [4.78, 5) is 0. The van der Waals surface area contributed by atoms with Gasteiger partial charge in [0.2, 0.25) is 0 Å². The van der Waals surface area contributed by atoms with Crippen LogP contribution in [0.5, 0.6) is 0 Å². The van der Waals surface area contributed by atoms with E-state index in [1.165, 1.54) is 22.3 Å². The highest BCUT2D eigenvalue weighted by molar-refractivity contribution is 9.10. The summed E-state index contributed by atoms with van der Waals surface area (Å²) in [6.07, 6.45) is 0. The maximum Gasteiger partial charge on any atom is 0.0175 e. The Morgan fingerprint density at radius 2 is 0.950 bits per heavy atom. The number of hydrogen-bond donors (Lipinski definition) is 0. The Morgan fingerprint density at radius 3 is 1.50 bits per heavy atom. The predicted octanol–water partition coefficient (Wildman–Crippen LogP) is 5.40. The largest absolute Gasteiger partial charge is 0.0622 e. The third-order valence-electron chi connectivity index (χ3n) is 3.17. The summed E-state index contributed by atoms with van der Waals surface area (Å²) in [6, 6.07) is 27.5. The summed E-state index contributed by atoms with van der Waals surface area (Å²) in [6.45, 7) is 0. The number of benzene rings is 3. The SMILES string of the molecule is Brc1ccc(-c2ccccc2-c2ccccc2)cc1.[Si]. The van der Waals surface area contributed by atoms with Gasteiger partial charge < -0.3 is 0 Å². The van der Waals surface area contributed by atoms with Crippen molar-refractivity contribution in [2.24, 2.45) is 0 Å². The molecule has 0 fully saturated rings. The van der Waals surface area contributed by atoms with Gasteiger partial charge in [0.15, 0.2) is 0 Å². The van der Waals surface area contributed by atoms with Gasteiger partial charge in [0.05, 0.1) is 0 Å². The van der Waals surface area contributed by atoms with Crippen LogP contribution in [-0.2, 0) is 0 Å². The molecule has 0 atom stereocenters. The zero-order valence-corrected chi connectivity index (χ0v) is 13.5. The Morgan fingerprint density at radius 1 is 0.500 bits per heavy atom. The minimum Gasteiger partial charge on any atom is -0.0622 e. The number of halogens is 1. The second-order valence-corrected chi connectivity index (χ2v) is 5.33. The zero-order chi connectivity index (χ0) is 13.1. The average molecular weight is 337 g/mol. The molecule has 3 rings (SSSR count). The van der Waals surface area contributed by atoms with Crippen molar-refractivity contribution in [1.82, 2.24) is 0 Å². The second-order valence-electron chi connectivity index (χ2n) is 4.42. The van der Waals surface area contributed by atoms with Crippen LogP contribution in [-0.4, -0.2) is 11.0 Å². The van der Waals surface area contributed by atoms with E-state index >= 15 is 0 Å². The monoisotopic (exact) mass is 336 g/mol. The van der Waals surface area contributed by atoms with Crippen molar-refractivity contribution < 1.29 is 0 Å². The molecular weight excluding hydrogens is 324 g/mol. The Bertz CT molecular complexity index is 675. The molecule has 0 bridgehead atoms. The van der Waals surface area contributed by atoms with E-state index in [4.69, 9.17) is 0 Å². The molecule has 0 saturated carbocycles. The van der Waals surface area contributed by atoms with Crippen molar-refractivity contribution in [2.75, 3.05) is 0 Å². The Labute approximate surface area is 132 Å². The van der Waals surface area contributed by atoms with Crippen LogP contribution < -0.4 is 0 Å². The van der Waals surface area contributed by atoms with Gasteiger partial charge in [-0.25, -0.2) is 0 Å². The van der Waals surface area contributed by atoms with E-state index in [0.717, 1.165) is 4.47 Å². The maximum atomic E-state index is 3.48. The number of hydrogen-bond acceptors (Lipinski definition) is 0. The third-order valence-corrected chi connectivity index (χ3v) is 3.70. The van der Waals surface area contributed by atoms with Crippen molar-refractivity contribution in [3.8, 4) is 22.3 Å². The summed E-state index contributed by atoms with van der Waals surface area (Å²) < 4.78 is 1.11. The zero-order valence-electron chi connectivity index (χ0n) is 10.9. The predicted molar refractivity (Wildman–Crippen MR) is 90.8 cm³/mol. The number of rotatable bonds is 2. The maximum absolute atomic E-state index is 3.48. The van der Waals surface area contributed by atoms with Crippen molar-refractivity contribution >= 4 is 26.9 Å². The molecule has 0 aliphatic carbocycles. The highest BCUT2D eigenvalue weighted by atomic mass is 79.9. The first-order valence-electron chi connectivity index (χ1n) is 6.25. The minimum absolute atomic E-state index is 0. The normalized spacial score (nSPS) is 9.85.